The van der Waals surface area contributed by atoms with E-state index in [1.54, 1.807) is 36.4 Å². The minimum absolute atomic E-state index is 0.116. The van der Waals surface area contributed by atoms with E-state index in [0.717, 1.165) is 53.4 Å². The van der Waals surface area contributed by atoms with Crippen LogP contribution in [0.4, 0.5) is 47.7 Å². The summed E-state index contributed by atoms with van der Waals surface area (Å²) in [6.07, 6.45) is 0. The Morgan fingerprint density at radius 2 is 0.632 bits per heavy atom. The van der Waals surface area contributed by atoms with Crippen LogP contribution in [0.15, 0.2) is 72.8 Å². The fraction of sp³-hybridized carbons (Fsp3) is 0.231. The van der Waals surface area contributed by atoms with Crippen LogP contribution in [0.25, 0.3) is 0 Å². The van der Waals surface area contributed by atoms with Crippen LogP contribution in [0.3, 0.4) is 0 Å². The van der Waals surface area contributed by atoms with Crippen molar-refractivity contribution in [3.8, 4) is 0 Å². The first-order valence-electron chi connectivity index (χ1n) is 17.5. The van der Waals surface area contributed by atoms with Gasteiger partial charge in [0.25, 0.3) is 0 Å². The van der Waals surface area contributed by atoms with E-state index < -0.39 is 0 Å². The van der Waals surface area contributed by atoms with Crippen molar-refractivity contribution in [2.45, 2.75) is 38.5 Å². The molecule has 0 fully saturated rings. The lowest BCUT2D eigenvalue weighted by Crippen LogP contribution is -2.15. The zero-order valence-electron chi connectivity index (χ0n) is 30.2. The van der Waals surface area contributed by atoms with Gasteiger partial charge in [0.1, 0.15) is 50.4 Å². The number of aromatic nitrogens is 6. The molecule has 0 saturated carbocycles. The Morgan fingerprint density at radius 3 is 0.860 bits per heavy atom. The van der Waals surface area contributed by atoms with E-state index >= 15 is 0 Å². The summed E-state index contributed by atoms with van der Waals surface area (Å²) < 4.78 is 39.0. The van der Waals surface area contributed by atoms with Gasteiger partial charge < -0.3 is 14.7 Å². The standard InChI is InChI=1S/3C13H10Cl2FN3/c3*1-7-6-19(9-4-2-8(16)3-5-9)12-10(7)11(14)17-13(15)18-12/h3*2-5,7H,6H2,1H3/t2*7-;/m10./s1. The first-order valence-corrected chi connectivity index (χ1v) is 19.7. The van der Waals surface area contributed by atoms with E-state index in [1.807, 2.05) is 35.5 Å². The lowest BCUT2D eigenvalue weighted by molar-refractivity contribution is 0.627. The second kappa shape index (κ2) is 17.0. The van der Waals surface area contributed by atoms with Crippen molar-refractivity contribution in [3.63, 3.8) is 0 Å². The summed E-state index contributed by atoms with van der Waals surface area (Å²) in [7, 11) is 0. The quantitative estimate of drug-likeness (QED) is 0.127. The fourth-order valence-corrected chi connectivity index (χ4v) is 8.68. The number of rotatable bonds is 3. The third-order valence-corrected chi connectivity index (χ3v) is 11.0. The third kappa shape index (κ3) is 8.67. The summed E-state index contributed by atoms with van der Waals surface area (Å²) in [5, 5.41) is 1.49. The Labute approximate surface area is 356 Å². The second-order valence-corrected chi connectivity index (χ2v) is 15.6. The molecule has 294 valence electrons. The molecule has 6 heterocycles. The molecule has 3 aliphatic heterocycles. The van der Waals surface area contributed by atoms with Gasteiger partial charge in [0, 0.05) is 71.1 Å². The van der Waals surface area contributed by atoms with Gasteiger partial charge in [-0.15, -0.1) is 0 Å². The van der Waals surface area contributed by atoms with Crippen molar-refractivity contribution >= 4 is 104 Å². The van der Waals surface area contributed by atoms with Crippen LogP contribution >= 0.6 is 69.6 Å². The zero-order valence-corrected chi connectivity index (χ0v) is 34.7. The maximum atomic E-state index is 13.0. The summed E-state index contributed by atoms with van der Waals surface area (Å²) in [5.41, 5.74) is 5.23. The number of nitrogens with zero attached hydrogens (tertiary/aromatic N) is 9. The second-order valence-electron chi connectivity index (χ2n) is 13.5. The van der Waals surface area contributed by atoms with Gasteiger partial charge in [-0.3, -0.25) is 0 Å². The summed E-state index contributed by atoms with van der Waals surface area (Å²) in [6, 6.07) is 18.8. The molecule has 0 amide bonds. The van der Waals surface area contributed by atoms with Crippen LogP contribution in [-0.4, -0.2) is 49.5 Å². The van der Waals surface area contributed by atoms with Crippen molar-refractivity contribution in [1.29, 1.82) is 0 Å². The van der Waals surface area contributed by atoms with Gasteiger partial charge in [-0.25, -0.2) is 28.1 Å². The van der Waals surface area contributed by atoms with Crippen molar-refractivity contribution in [2.75, 3.05) is 34.3 Å². The lowest BCUT2D eigenvalue weighted by Gasteiger charge is -2.18. The number of anilines is 6. The number of halogens is 9. The predicted molar refractivity (Wildman–Crippen MR) is 222 cm³/mol. The van der Waals surface area contributed by atoms with Crippen molar-refractivity contribution in [3.05, 3.63) is 138 Å². The molecule has 3 atom stereocenters. The van der Waals surface area contributed by atoms with Crippen LogP contribution in [0.1, 0.15) is 55.2 Å². The van der Waals surface area contributed by atoms with E-state index in [1.165, 1.54) is 36.4 Å². The Bertz CT molecular complexity index is 2160. The molecule has 18 heteroatoms. The molecule has 9 rings (SSSR count). The molecule has 0 N–H and O–H groups in total. The highest BCUT2D eigenvalue weighted by atomic mass is 35.5. The van der Waals surface area contributed by atoms with Gasteiger partial charge in [-0.05, 0) is 108 Å². The number of fused-ring (bicyclic) bond motifs is 3. The molecule has 0 bridgehead atoms. The van der Waals surface area contributed by atoms with Crippen LogP contribution < -0.4 is 14.7 Å². The summed E-state index contributed by atoms with van der Waals surface area (Å²) >= 11 is 36.0. The SMILES string of the molecule is CC1CN(c2ccc(F)cc2)c2nc(Cl)nc(Cl)c21.C[C@@H]1CN(c2ccc(F)cc2)c2nc(Cl)nc(Cl)c21.C[C@H]1CN(c2ccc(F)cc2)c2nc(Cl)nc(Cl)c21. The molecule has 9 nitrogen and oxygen atoms in total. The molecule has 57 heavy (non-hydrogen) atoms. The zero-order chi connectivity index (χ0) is 40.7. The predicted octanol–water partition coefficient (Wildman–Crippen LogP) is 12.5. The molecule has 0 aliphatic carbocycles. The van der Waals surface area contributed by atoms with E-state index in [-0.39, 0.29) is 51.1 Å². The van der Waals surface area contributed by atoms with Gasteiger partial charge in [0.05, 0.1) is 0 Å². The average molecular weight is 894 g/mol. The minimum Gasteiger partial charge on any atom is -0.325 e. The van der Waals surface area contributed by atoms with Gasteiger partial charge in [0.2, 0.25) is 15.9 Å². The van der Waals surface area contributed by atoms with Gasteiger partial charge in [-0.1, -0.05) is 55.6 Å². The first-order chi connectivity index (χ1) is 27.2. The molecule has 3 aliphatic rings. The van der Waals surface area contributed by atoms with Crippen LogP contribution in [0, 0.1) is 17.5 Å². The van der Waals surface area contributed by atoms with Crippen molar-refractivity contribution in [1.82, 2.24) is 29.9 Å². The molecular weight excluding hydrogens is 864 g/mol. The highest BCUT2D eigenvalue weighted by molar-refractivity contribution is 6.34. The largest absolute Gasteiger partial charge is 0.325 e. The topological polar surface area (TPSA) is 87.1 Å². The molecule has 6 aromatic rings. The number of hydrogen-bond donors (Lipinski definition) is 0. The highest BCUT2D eigenvalue weighted by Crippen LogP contribution is 2.45. The summed E-state index contributed by atoms with van der Waals surface area (Å²) in [5.74, 6) is 1.89. The smallest absolute Gasteiger partial charge is 0.225 e. The van der Waals surface area contributed by atoms with Gasteiger partial charge in [-0.2, -0.15) is 15.0 Å². The van der Waals surface area contributed by atoms with Crippen molar-refractivity contribution in [2.24, 2.45) is 0 Å². The Morgan fingerprint density at radius 1 is 0.404 bits per heavy atom. The molecular formula is C39H30Cl6F3N9. The van der Waals surface area contributed by atoms with Crippen LogP contribution in [0.2, 0.25) is 31.3 Å². The fourth-order valence-electron chi connectivity index (χ4n) is 7.01. The molecule has 3 aromatic heterocycles. The Kier molecular flexibility index (Phi) is 12.2. The Balaban J connectivity index is 0.000000131. The lowest BCUT2D eigenvalue weighted by atomic mass is 10.1. The van der Waals surface area contributed by atoms with Crippen LogP contribution in [-0.2, 0) is 0 Å². The van der Waals surface area contributed by atoms with Gasteiger partial charge in [0.15, 0.2) is 0 Å². The van der Waals surface area contributed by atoms with E-state index in [9.17, 15) is 13.2 Å². The normalized spacial score (nSPS) is 17.7. The van der Waals surface area contributed by atoms with E-state index in [2.05, 4.69) is 29.9 Å². The van der Waals surface area contributed by atoms with Crippen molar-refractivity contribution < 1.29 is 13.2 Å². The molecule has 0 saturated heterocycles. The Hall–Kier alpha value is -4.17. The van der Waals surface area contributed by atoms with E-state index in [4.69, 9.17) is 69.6 Å². The average Bonchev–Trinajstić information content (AvgIpc) is 3.79. The van der Waals surface area contributed by atoms with E-state index in [0.29, 0.717) is 32.9 Å². The highest BCUT2D eigenvalue weighted by Gasteiger charge is 2.34. The maximum Gasteiger partial charge on any atom is 0.225 e. The maximum absolute atomic E-state index is 13.0. The first kappa shape index (κ1) is 41.0. The molecule has 0 radical (unpaired) electrons. The third-order valence-electron chi connectivity index (χ3n) is 9.58. The minimum atomic E-state index is -0.269. The summed E-state index contributed by atoms with van der Waals surface area (Å²) in [6.45, 7) is 8.30. The molecule has 3 aromatic carbocycles. The van der Waals surface area contributed by atoms with Gasteiger partial charge >= 0.3 is 0 Å². The molecule has 1 unspecified atom stereocenters. The number of benzene rings is 3. The van der Waals surface area contributed by atoms with Crippen LogP contribution in [0.5, 0.6) is 0 Å². The molecule has 0 spiro atoms. The summed E-state index contributed by atoms with van der Waals surface area (Å²) in [4.78, 5) is 30.6. The monoisotopic (exact) mass is 891 g/mol. The number of hydrogen-bond acceptors (Lipinski definition) is 9.